The minimum Gasteiger partial charge on any atom is -0.481 e. The van der Waals surface area contributed by atoms with Gasteiger partial charge in [-0.1, -0.05) is 26.7 Å². The monoisotopic (exact) mass is 251 g/mol. The highest BCUT2D eigenvalue weighted by molar-refractivity contribution is 5.14. The molecule has 18 heavy (non-hydrogen) atoms. The zero-order valence-corrected chi connectivity index (χ0v) is 11.9. The fourth-order valence-corrected chi connectivity index (χ4v) is 2.14. The predicted octanol–water partition coefficient (Wildman–Crippen LogP) is 2.44. The second kappa shape index (κ2) is 8.03. The third-order valence-corrected chi connectivity index (χ3v) is 3.41. The Balaban J connectivity index is 2.60. The van der Waals surface area contributed by atoms with Gasteiger partial charge in [0.1, 0.15) is 6.33 Å². The fourth-order valence-electron chi connectivity index (χ4n) is 2.14. The maximum absolute atomic E-state index is 5.12. The highest BCUT2D eigenvalue weighted by Crippen LogP contribution is 2.16. The maximum atomic E-state index is 5.12. The molecule has 4 nitrogen and oxygen atoms in total. The van der Waals surface area contributed by atoms with Crippen LogP contribution in [-0.4, -0.2) is 30.2 Å². The van der Waals surface area contributed by atoms with Crippen molar-refractivity contribution in [2.75, 3.05) is 14.2 Å². The molecule has 1 aromatic heterocycles. The molecule has 0 aliphatic rings. The van der Waals surface area contributed by atoms with Crippen LogP contribution < -0.4 is 10.1 Å². The van der Waals surface area contributed by atoms with E-state index < -0.39 is 0 Å². The molecule has 1 rings (SSSR count). The normalized spacial score (nSPS) is 14.2. The zero-order valence-electron chi connectivity index (χ0n) is 11.9. The number of methoxy groups -OCH3 is 1. The van der Waals surface area contributed by atoms with E-state index in [2.05, 4.69) is 29.1 Å². The summed E-state index contributed by atoms with van der Waals surface area (Å²) in [4.78, 5) is 8.34. The van der Waals surface area contributed by atoms with Gasteiger partial charge in [0.05, 0.1) is 7.11 Å². The maximum Gasteiger partial charge on any atom is 0.216 e. The molecule has 2 unspecified atom stereocenters. The Kier molecular flexibility index (Phi) is 6.65. The highest BCUT2D eigenvalue weighted by atomic mass is 16.5. The summed E-state index contributed by atoms with van der Waals surface area (Å²) in [6, 6.07) is 2.37. The summed E-state index contributed by atoms with van der Waals surface area (Å²) in [5.41, 5.74) is 1.03. The van der Waals surface area contributed by atoms with Crippen LogP contribution in [0.25, 0.3) is 0 Å². The number of unbranched alkanes of at least 4 members (excludes halogenated alkanes) is 1. The first-order chi connectivity index (χ1) is 8.71. The SMILES string of the molecule is CCCCC(C)C(Cc1cc(OC)ncn1)NC. The molecule has 4 heteroatoms. The summed E-state index contributed by atoms with van der Waals surface area (Å²) in [6.07, 6.45) is 6.27. The Morgan fingerprint density at radius 1 is 1.39 bits per heavy atom. The molecule has 0 aromatic carbocycles. The molecular weight excluding hydrogens is 226 g/mol. The van der Waals surface area contributed by atoms with Crippen LogP contribution in [0, 0.1) is 5.92 Å². The third-order valence-electron chi connectivity index (χ3n) is 3.41. The number of ether oxygens (including phenoxy) is 1. The molecule has 0 radical (unpaired) electrons. The van der Waals surface area contributed by atoms with Crippen molar-refractivity contribution in [2.24, 2.45) is 5.92 Å². The first-order valence-corrected chi connectivity index (χ1v) is 6.73. The second-order valence-electron chi connectivity index (χ2n) is 4.77. The summed E-state index contributed by atoms with van der Waals surface area (Å²) in [5, 5.41) is 3.40. The van der Waals surface area contributed by atoms with Crippen molar-refractivity contribution in [1.82, 2.24) is 15.3 Å². The van der Waals surface area contributed by atoms with Crippen molar-refractivity contribution in [3.05, 3.63) is 18.1 Å². The van der Waals surface area contributed by atoms with Gasteiger partial charge in [-0.2, -0.15) is 0 Å². The van der Waals surface area contributed by atoms with Crippen LogP contribution in [-0.2, 0) is 6.42 Å². The Labute approximate surface area is 110 Å². The first kappa shape index (κ1) is 14.9. The number of hydrogen-bond donors (Lipinski definition) is 1. The van der Waals surface area contributed by atoms with Crippen molar-refractivity contribution >= 4 is 0 Å². The number of nitrogens with zero attached hydrogens (tertiary/aromatic N) is 2. The minimum atomic E-state index is 0.455. The van der Waals surface area contributed by atoms with Gasteiger partial charge < -0.3 is 10.1 Å². The van der Waals surface area contributed by atoms with Crippen LogP contribution in [0.2, 0.25) is 0 Å². The summed E-state index contributed by atoms with van der Waals surface area (Å²) in [5.74, 6) is 1.28. The first-order valence-electron chi connectivity index (χ1n) is 6.73. The van der Waals surface area contributed by atoms with Crippen molar-refractivity contribution in [2.45, 2.75) is 45.6 Å². The van der Waals surface area contributed by atoms with Gasteiger partial charge in [0.15, 0.2) is 0 Å². The van der Waals surface area contributed by atoms with Crippen LogP contribution in [0.4, 0.5) is 0 Å². The summed E-state index contributed by atoms with van der Waals surface area (Å²) < 4.78 is 5.12. The van der Waals surface area contributed by atoms with E-state index in [0.29, 0.717) is 17.8 Å². The lowest BCUT2D eigenvalue weighted by Crippen LogP contribution is -2.34. The summed E-state index contributed by atoms with van der Waals surface area (Å²) in [6.45, 7) is 4.53. The van der Waals surface area contributed by atoms with E-state index in [9.17, 15) is 0 Å². The van der Waals surface area contributed by atoms with E-state index in [-0.39, 0.29) is 0 Å². The van der Waals surface area contributed by atoms with E-state index in [1.165, 1.54) is 19.3 Å². The summed E-state index contributed by atoms with van der Waals surface area (Å²) >= 11 is 0. The van der Waals surface area contributed by atoms with Crippen molar-refractivity contribution in [1.29, 1.82) is 0 Å². The standard InChI is InChI=1S/C14H25N3O/c1-5-6-7-11(2)13(15-3)8-12-9-14(18-4)17-10-16-12/h9-11,13,15H,5-8H2,1-4H3. The highest BCUT2D eigenvalue weighted by Gasteiger charge is 2.16. The lowest BCUT2D eigenvalue weighted by molar-refractivity contribution is 0.361. The average Bonchev–Trinajstić information content (AvgIpc) is 2.42. The van der Waals surface area contributed by atoms with Gasteiger partial charge in [-0.25, -0.2) is 9.97 Å². The average molecular weight is 251 g/mol. The molecule has 0 aliphatic carbocycles. The Hall–Kier alpha value is -1.16. The van der Waals surface area contributed by atoms with Gasteiger partial charge in [-0.05, 0) is 19.4 Å². The van der Waals surface area contributed by atoms with Crippen LogP contribution in [0.1, 0.15) is 38.8 Å². The topological polar surface area (TPSA) is 47.0 Å². The predicted molar refractivity (Wildman–Crippen MR) is 73.8 cm³/mol. The number of aromatic nitrogens is 2. The lowest BCUT2D eigenvalue weighted by atomic mass is 9.92. The van der Waals surface area contributed by atoms with Crippen LogP contribution in [0.5, 0.6) is 5.88 Å². The van der Waals surface area contributed by atoms with E-state index in [4.69, 9.17) is 4.74 Å². The Morgan fingerprint density at radius 3 is 2.78 bits per heavy atom. The second-order valence-corrected chi connectivity index (χ2v) is 4.77. The Morgan fingerprint density at radius 2 is 2.17 bits per heavy atom. The van der Waals surface area contributed by atoms with Crippen molar-refractivity contribution in [3.8, 4) is 5.88 Å². The summed E-state index contributed by atoms with van der Waals surface area (Å²) in [7, 11) is 3.65. The van der Waals surface area contributed by atoms with E-state index in [1.807, 2.05) is 13.1 Å². The van der Waals surface area contributed by atoms with Gasteiger partial charge in [0.2, 0.25) is 5.88 Å². The van der Waals surface area contributed by atoms with Crippen LogP contribution in [0.15, 0.2) is 12.4 Å². The molecule has 2 atom stereocenters. The number of likely N-dealkylation sites (N-methyl/N-ethyl adjacent to an activating group) is 1. The number of rotatable bonds is 8. The molecule has 1 aromatic rings. The molecule has 0 bridgehead atoms. The van der Waals surface area contributed by atoms with Gasteiger partial charge >= 0.3 is 0 Å². The van der Waals surface area contributed by atoms with E-state index in [1.54, 1.807) is 13.4 Å². The molecule has 0 saturated carbocycles. The van der Waals surface area contributed by atoms with Crippen LogP contribution >= 0.6 is 0 Å². The molecule has 0 fully saturated rings. The molecule has 102 valence electrons. The van der Waals surface area contributed by atoms with E-state index in [0.717, 1.165) is 12.1 Å². The van der Waals surface area contributed by atoms with Crippen LogP contribution in [0.3, 0.4) is 0 Å². The minimum absolute atomic E-state index is 0.455. The Bertz CT molecular complexity index is 344. The molecular formula is C14H25N3O. The van der Waals surface area contributed by atoms with E-state index >= 15 is 0 Å². The quantitative estimate of drug-likeness (QED) is 0.771. The zero-order chi connectivity index (χ0) is 13.4. The smallest absolute Gasteiger partial charge is 0.216 e. The van der Waals surface area contributed by atoms with Crippen molar-refractivity contribution < 1.29 is 4.74 Å². The lowest BCUT2D eigenvalue weighted by Gasteiger charge is -2.23. The molecule has 1 N–H and O–H groups in total. The fraction of sp³-hybridized carbons (Fsp3) is 0.714. The molecule has 0 saturated heterocycles. The van der Waals surface area contributed by atoms with Gasteiger partial charge in [0, 0.05) is 24.2 Å². The van der Waals surface area contributed by atoms with Gasteiger partial charge in [-0.15, -0.1) is 0 Å². The number of nitrogens with one attached hydrogen (secondary N) is 1. The largest absolute Gasteiger partial charge is 0.481 e. The third kappa shape index (κ3) is 4.61. The number of hydrogen-bond acceptors (Lipinski definition) is 4. The molecule has 0 spiro atoms. The molecule has 1 heterocycles. The van der Waals surface area contributed by atoms with Gasteiger partial charge in [-0.3, -0.25) is 0 Å². The van der Waals surface area contributed by atoms with Crippen molar-refractivity contribution in [3.63, 3.8) is 0 Å². The molecule has 0 amide bonds. The van der Waals surface area contributed by atoms with Gasteiger partial charge in [0.25, 0.3) is 0 Å². The molecule has 0 aliphatic heterocycles.